The van der Waals surface area contributed by atoms with Gasteiger partial charge in [-0.25, -0.2) is 0 Å². The topological polar surface area (TPSA) is 160 Å². The Morgan fingerprint density at radius 1 is 0.538 bits per heavy atom. The lowest BCUT2D eigenvalue weighted by Crippen LogP contribution is -2.21. The molecule has 3 aromatic rings. The van der Waals surface area contributed by atoms with Gasteiger partial charge in [0.25, 0.3) is 0 Å². The van der Waals surface area contributed by atoms with Crippen LogP contribution >= 0.6 is 32.4 Å². The van der Waals surface area contributed by atoms with Crippen molar-refractivity contribution in [3.05, 3.63) is 72.5 Å². The third-order valence-electron chi connectivity index (χ3n) is 3.17. The fraction of sp³-hybridized carbons (Fsp3) is 0.375. The molecule has 0 saturated heterocycles. The lowest BCUT2D eigenvalue weighted by atomic mass is 10.5. The van der Waals surface area contributed by atoms with E-state index in [1.807, 2.05) is 32.4 Å². The third kappa shape index (κ3) is 30.7. The Morgan fingerprint density at radius 2 is 0.718 bits per heavy atom. The summed E-state index contributed by atoms with van der Waals surface area (Å²) in [5, 5.41) is 29.6. The summed E-state index contributed by atoms with van der Waals surface area (Å²) in [6.07, 6.45) is 23.5. The van der Waals surface area contributed by atoms with Crippen LogP contribution in [-0.4, -0.2) is 74.2 Å². The van der Waals surface area contributed by atoms with E-state index in [4.69, 9.17) is 0 Å². The van der Waals surface area contributed by atoms with Gasteiger partial charge in [0.15, 0.2) is 0 Å². The van der Waals surface area contributed by atoms with E-state index in [0.29, 0.717) is 29.8 Å². The zero-order valence-electron chi connectivity index (χ0n) is 23.3. The number of carboxylic acid groups (broad SMARTS) is 3. The van der Waals surface area contributed by atoms with Crippen LogP contribution in [0.25, 0.3) is 0 Å². The molecule has 0 unspecified atom stereocenters. The molecule has 0 radical (unpaired) electrons. The minimum Gasteiger partial charge on any atom is -0.542 e. The molecular formula is C24H36O9S6. The van der Waals surface area contributed by atoms with E-state index in [0.717, 1.165) is 0 Å². The number of carbonyl (C=O) groups excluding carboxylic acids is 3. The molecule has 3 aromatic heterocycles. The Labute approximate surface area is 250 Å². The molecule has 222 valence electrons. The quantitative estimate of drug-likeness (QED) is 0.281. The van der Waals surface area contributed by atoms with Gasteiger partial charge in [0.1, 0.15) is 72.7 Å². The van der Waals surface area contributed by atoms with Gasteiger partial charge in [-0.1, -0.05) is 0 Å². The Bertz CT molecular complexity index is 819. The number of hydrogen-bond acceptors (Lipinski definition) is 12. The van der Waals surface area contributed by atoms with Crippen molar-refractivity contribution in [1.82, 2.24) is 0 Å². The third-order valence-corrected chi connectivity index (χ3v) is 11.2. The van der Waals surface area contributed by atoms with Crippen molar-refractivity contribution in [3.63, 3.8) is 0 Å². The average Bonchev–Trinajstić information content (AvgIpc) is 3.69. The summed E-state index contributed by atoms with van der Waals surface area (Å²) < 4.78 is 13.3. The lowest BCUT2D eigenvalue weighted by molar-refractivity contribution is -0.258. The first-order chi connectivity index (χ1) is 18.2. The van der Waals surface area contributed by atoms with Gasteiger partial charge in [-0.15, -0.1) is 0 Å². The molecule has 0 fully saturated rings. The molecule has 0 N–H and O–H groups in total. The number of carbonyl (C=O) groups is 3. The van der Waals surface area contributed by atoms with Crippen LogP contribution in [0.2, 0.25) is 0 Å². The second-order valence-electron chi connectivity index (χ2n) is 6.52. The maximum Gasteiger partial charge on any atom is 0.149 e. The fourth-order valence-electron chi connectivity index (χ4n) is 1.18. The van der Waals surface area contributed by atoms with E-state index < -0.39 is 17.9 Å². The van der Waals surface area contributed by atoms with E-state index >= 15 is 0 Å². The largest absolute Gasteiger partial charge is 0.542 e. The van der Waals surface area contributed by atoms with Crippen LogP contribution in [0.4, 0.5) is 0 Å². The van der Waals surface area contributed by atoms with E-state index in [1.54, 1.807) is 0 Å². The van der Waals surface area contributed by atoms with Crippen LogP contribution in [0.1, 0.15) is 31.7 Å². The van der Waals surface area contributed by atoms with Crippen molar-refractivity contribution in [2.45, 2.75) is 0 Å². The van der Waals surface area contributed by atoms with Crippen molar-refractivity contribution in [3.8, 4) is 0 Å². The molecule has 0 bridgehead atoms. The highest BCUT2D eigenvalue weighted by Gasteiger charge is 1.94. The van der Waals surface area contributed by atoms with E-state index in [-0.39, 0.29) is 17.3 Å². The van der Waals surface area contributed by atoms with Gasteiger partial charge < -0.3 is 43.0 Å². The Hall–Kier alpha value is -1.65. The summed E-state index contributed by atoms with van der Waals surface area (Å²) in [6.45, 7) is 0. The first kappa shape index (κ1) is 41.8. The summed E-state index contributed by atoms with van der Waals surface area (Å²) in [6, 6.07) is 8.46. The van der Waals surface area contributed by atoms with Crippen molar-refractivity contribution in [1.29, 1.82) is 0 Å². The fourth-order valence-corrected chi connectivity index (χ4v) is 1.18. The highest BCUT2D eigenvalue weighted by molar-refractivity contribution is 8.74. The molecule has 0 aliphatic heterocycles. The van der Waals surface area contributed by atoms with Gasteiger partial charge in [-0.05, 0) is 36.4 Å². The molecule has 3 heterocycles. The number of rotatable bonds is 6. The van der Waals surface area contributed by atoms with Crippen molar-refractivity contribution >= 4 is 80.1 Å². The Kier molecular flexibility index (Phi) is 29.9. The van der Waals surface area contributed by atoms with Gasteiger partial charge >= 0.3 is 0 Å². The summed E-state index contributed by atoms with van der Waals surface area (Å²) >= 11 is 0. The smallest absolute Gasteiger partial charge is 0.149 e. The van der Waals surface area contributed by atoms with Crippen LogP contribution < -0.4 is 15.3 Å². The Balaban J connectivity index is -0.000000406. The number of furan rings is 3. The van der Waals surface area contributed by atoms with Crippen molar-refractivity contribution < 1.29 is 43.0 Å². The van der Waals surface area contributed by atoms with Crippen molar-refractivity contribution in [2.75, 3.05) is 56.3 Å². The van der Waals surface area contributed by atoms with Crippen LogP contribution in [0.5, 0.6) is 0 Å². The predicted molar refractivity (Wildman–Crippen MR) is 167 cm³/mol. The summed E-state index contributed by atoms with van der Waals surface area (Å²) in [4.78, 5) is 29.6. The van der Waals surface area contributed by atoms with Crippen LogP contribution in [-0.2, 0) is 29.8 Å². The van der Waals surface area contributed by atoms with Crippen LogP contribution in [0, 0.1) is 0 Å². The van der Waals surface area contributed by atoms with Crippen molar-refractivity contribution in [2.24, 2.45) is 0 Å². The lowest BCUT2D eigenvalue weighted by Gasteiger charge is -1.91. The van der Waals surface area contributed by atoms with E-state index in [2.05, 4.69) is 69.6 Å². The van der Waals surface area contributed by atoms with Gasteiger partial charge in [-0.3, -0.25) is 0 Å². The highest BCUT2D eigenvalue weighted by atomic mass is 33.1. The van der Waals surface area contributed by atoms with E-state index in [9.17, 15) is 29.7 Å². The molecule has 39 heavy (non-hydrogen) atoms. The van der Waals surface area contributed by atoms with Crippen LogP contribution in [0.3, 0.4) is 0 Å². The normalized spacial score (nSPS) is 9.23. The van der Waals surface area contributed by atoms with Gasteiger partial charge in [-0.2, -0.15) is 0 Å². The molecule has 0 atom stereocenters. The maximum atomic E-state index is 9.86. The summed E-state index contributed by atoms with van der Waals surface area (Å²) in [5.74, 6) is -4.25. The minimum absolute atomic E-state index is 0.134. The number of aromatic carboxylic acids is 3. The molecule has 0 aliphatic rings. The molecule has 0 saturated carbocycles. The summed E-state index contributed by atoms with van der Waals surface area (Å²) in [7, 11) is 7.50. The van der Waals surface area contributed by atoms with Gasteiger partial charge in [0.2, 0.25) is 0 Å². The molecule has 9 nitrogen and oxygen atoms in total. The van der Waals surface area contributed by atoms with Crippen LogP contribution in [0.15, 0.2) is 68.4 Å². The first-order valence-electron chi connectivity index (χ1n) is 10.3. The molecule has 0 amide bonds. The first-order valence-corrected chi connectivity index (χ1v) is 21.7. The average molecular weight is 661 g/mol. The van der Waals surface area contributed by atoms with Gasteiger partial charge in [0, 0.05) is 18.8 Å². The Morgan fingerprint density at radius 3 is 0.769 bits per heavy atom. The zero-order chi connectivity index (χ0) is 30.8. The number of carboxylic acids is 3. The number of hydrogen-bond donors (Lipinski definition) is 0. The maximum absolute atomic E-state index is 9.86. The monoisotopic (exact) mass is 660 g/mol. The van der Waals surface area contributed by atoms with E-state index in [1.165, 1.54) is 55.2 Å². The molecule has 0 spiro atoms. The molecule has 0 aliphatic carbocycles. The SMILES string of the molecule is CS[S+](C)C.CS[S+](C)C.CS[S+](C)C.O=C([O-])c1ccco1.O=C([O-])c1ccco1.O=C([O-])c1ccco1. The minimum atomic E-state index is -1.28. The second kappa shape index (κ2) is 27.9. The standard InChI is InChI=1S/3C5H4O3.3C3H9S2/c3*6-5(7)4-2-1-3-8-4;3*1-4-5(2)3/h3*1-3H,(H,6,7);3*1-3H3/q;;;3*+1/p-3. The highest BCUT2D eigenvalue weighted by Crippen LogP contribution is 2.02. The molecular weight excluding hydrogens is 625 g/mol. The molecule has 15 heteroatoms. The second-order valence-corrected chi connectivity index (χ2v) is 21.0. The molecule has 3 rings (SSSR count). The molecule has 0 aromatic carbocycles. The predicted octanol–water partition coefficient (Wildman–Crippen LogP) is 2.36. The van der Waals surface area contributed by atoms with Gasteiger partial charge in [0.05, 0.1) is 81.0 Å². The summed E-state index contributed by atoms with van der Waals surface area (Å²) in [5.41, 5.74) is 0. The zero-order valence-corrected chi connectivity index (χ0v) is 28.2.